The van der Waals surface area contributed by atoms with Gasteiger partial charge in [0, 0.05) is 34.2 Å². The van der Waals surface area contributed by atoms with E-state index in [4.69, 9.17) is 0 Å². The molecule has 7 heteroatoms. The van der Waals surface area contributed by atoms with Crippen molar-refractivity contribution >= 4 is 34.8 Å². The number of carbonyl (C=O) groups is 3. The van der Waals surface area contributed by atoms with Crippen LogP contribution in [0.25, 0.3) is 0 Å². The van der Waals surface area contributed by atoms with E-state index in [-0.39, 0.29) is 30.3 Å². The Labute approximate surface area is 192 Å². The van der Waals surface area contributed by atoms with E-state index in [1.54, 1.807) is 42.5 Å². The standard InChI is InChI=1S/C26H26N4O3/c1-17-10-11-22(30-25(32)18-6-3-2-4-7-18)15-23(17)27-16-24(31)28-21-9-5-8-19(14-21)26(33)29-20-12-13-20/h2-11,14-15,20,27H,12-13,16H2,1H3,(H,28,31)(H,29,33)(H,30,32). The lowest BCUT2D eigenvalue weighted by Gasteiger charge is -2.13. The summed E-state index contributed by atoms with van der Waals surface area (Å²) in [5.41, 5.74) is 3.97. The molecule has 4 N–H and O–H groups in total. The maximum Gasteiger partial charge on any atom is 0.255 e. The lowest BCUT2D eigenvalue weighted by molar-refractivity contribution is -0.114. The van der Waals surface area contributed by atoms with Crippen LogP contribution in [0.15, 0.2) is 72.8 Å². The van der Waals surface area contributed by atoms with Crippen molar-refractivity contribution < 1.29 is 14.4 Å². The van der Waals surface area contributed by atoms with Crippen LogP contribution in [0, 0.1) is 6.92 Å². The van der Waals surface area contributed by atoms with E-state index < -0.39 is 0 Å². The highest BCUT2D eigenvalue weighted by Crippen LogP contribution is 2.22. The lowest BCUT2D eigenvalue weighted by Crippen LogP contribution is -2.26. The van der Waals surface area contributed by atoms with E-state index in [9.17, 15) is 14.4 Å². The first-order valence-corrected chi connectivity index (χ1v) is 10.9. The fraction of sp³-hybridized carbons (Fsp3) is 0.192. The summed E-state index contributed by atoms with van der Waals surface area (Å²) in [6, 6.07) is 21.6. The van der Waals surface area contributed by atoms with Crippen LogP contribution in [0.3, 0.4) is 0 Å². The molecule has 33 heavy (non-hydrogen) atoms. The summed E-state index contributed by atoms with van der Waals surface area (Å²) in [5, 5.41) is 11.7. The van der Waals surface area contributed by atoms with Crippen LogP contribution < -0.4 is 21.3 Å². The topological polar surface area (TPSA) is 99.3 Å². The second-order valence-corrected chi connectivity index (χ2v) is 8.08. The van der Waals surface area contributed by atoms with Gasteiger partial charge in [0.15, 0.2) is 0 Å². The van der Waals surface area contributed by atoms with Crippen molar-refractivity contribution in [3.8, 4) is 0 Å². The van der Waals surface area contributed by atoms with Crippen LogP contribution in [-0.2, 0) is 4.79 Å². The van der Waals surface area contributed by atoms with Crippen LogP contribution in [0.2, 0.25) is 0 Å². The fourth-order valence-corrected chi connectivity index (χ4v) is 3.30. The Morgan fingerprint density at radius 2 is 1.52 bits per heavy atom. The monoisotopic (exact) mass is 442 g/mol. The van der Waals surface area contributed by atoms with Crippen molar-refractivity contribution in [2.45, 2.75) is 25.8 Å². The van der Waals surface area contributed by atoms with Gasteiger partial charge in [-0.2, -0.15) is 0 Å². The van der Waals surface area contributed by atoms with Crippen molar-refractivity contribution in [3.63, 3.8) is 0 Å². The Balaban J connectivity index is 1.34. The van der Waals surface area contributed by atoms with Gasteiger partial charge < -0.3 is 21.3 Å². The Hall–Kier alpha value is -4.13. The maximum atomic E-state index is 12.5. The van der Waals surface area contributed by atoms with Crippen molar-refractivity contribution in [2.24, 2.45) is 0 Å². The van der Waals surface area contributed by atoms with Crippen molar-refractivity contribution in [3.05, 3.63) is 89.5 Å². The Morgan fingerprint density at radius 3 is 2.27 bits per heavy atom. The van der Waals surface area contributed by atoms with Gasteiger partial charge in [-0.25, -0.2) is 0 Å². The molecular formula is C26H26N4O3. The van der Waals surface area contributed by atoms with Gasteiger partial charge in [0.2, 0.25) is 5.91 Å². The molecule has 1 saturated carbocycles. The van der Waals surface area contributed by atoms with E-state index in [0.717, 1.165) is 24.1 Å². The van der Waals surface area contributed by atoms with Crippen molar-refractivity contribution in [1.82, 2.24) is 5.32 Å². The summed E-state index contributed by atoms with van der Waals surface area (Å²) >= 11 is 0. The minimum absolute atomic E-state index is 0.0371. The zero-order valence-electron chi connectivity index (χ0n) is 18.4. The SMILES string of the molecule is Cc1ccc(NC(=O)c2ccccc2)cc1NCC(=O)Nc1cccc(C(=O)NC2CC2)c1. The van der Waals surface area contributed by atoms with Gasteiger partial charge in [0.05, 0.1) is 6.54 Å². The van der Waals surface area contributed by atoms with Crippen LogP contribution in [0.5, 0.6) is 0 Å². The number of nitrogens with one attached hydrogen (secondary N) is 4. The first-order valence-electron chi connectivity index (χ1n) is 10.9. The Morgan fingerprint density at radius 1 is 0.788 bits per heavy atom. The number of amides is 3. The zero-order valence-corrected chi connectivity index (χ0v) is 18.4. The minimum atomic E-state index is -0.243. The average molecular weight is 443 g/mol. The Bertz CT molecular complexity index is 1170. The summed E-state index contributed by atoms with van der Waals surface area (Å²) < 4.78 is 0. The maximum absolute atomic E-state index is 12.5. The second kappa shape index (κ2) is 9.99. The first-order chi connectivity index (χ1) is 16.0. The molecule has 3 aromatic carbocycles. The number of carbonyl (C=O) groups excluding carboxylic acids is 3. The highest BCUT2D eigenvalue weighted by molar-refractivity contribution is 6.04. The molecule has 0 atom stereocenters. The van der Waals surface area contributed by atoms with Crippen molar-refractivity contribution in [2.75, 3.05) is 22.5 Å². The lowest BCUT2D eigenvalue weighted by atomic mass is 10.1. The van der Waals surface area contributed by atoms with E-state index in [1.807, 2.05) is 37.3 Å². The third-order valence-corrected chi connectivity index (χ3v) is 5.29. The predicted molar refractivity (Wildman–Crippen MR) is 130 cm³/mol. The number of anilines is 3. The summed E-state index contributed by atoms with van der Waals surface area (Å²) in [5.74, 6) is -0.571. The predicted octanol–water partition coefficient (Wildman–Crippen LogP) is 4.19. The molecular weight excluding hydrogens is 416 g/mol. The molecule has 0 aromatic heterocycles. The average Bonchev–Trinajstić information content (AvgIpc) is 3.64. The van der Waals surface area contributed by atoms with Crippen molar-refractivity contribution in [1.29, 1.82) is 0 Å². The van der Waals surface area contributed by atoms with Gasteiger partial charge in [-0.15, -0.1) is 0 Å². The molecule has 1 aliphatic carbocycles. The number of hydrogen-bond donors (Lipinski definition) is 4. The van der Waals surface area contributed by atoms with Crippen LogP contribution in [-0.4, -0.2) is 30.3 Å². The molecule has 3 aromatic rings. The van der Waals surface area contributed by atoms with Crippen LogP contribution >= 0.6 is 0 Å². The smallest absolute Gasteiger partial charge is 0.255 e. The van der Waals surface area contributed by atoms with E-state index in [2.05, 4.69) is 21.3 Å². The molecule has 0 unspecified atom stereocenters. The fourth-order valence-electron chi connectivity index (χ4n) is 3.30. The molecule has 0 spiro atoms. The number of aryl methyl sites for hydroxylation is 1. The highest BCUT2D eigenvalue weighted by Gasteiger charge is 2.23. The van der Waals surface area contributed by atoms with Crippen LogP contribution in [0.1, 0.15) is 39.1 Å². The molecule has 168 valence electrons. The van der Waals surface area contributed by atoms with E-state index in [0.29, 0.717) is 22.5 Å². The van der Waals surface area contributed by atoms with Gasteiger partial charge in [0.25, 0.3) is 11.8 Å². The summed E-state index contributed by atoms with van der Waals surface area (Å²) in [6.07, 6.45) is 2.04. The summed E-state index contributed by atoms with van der Waals surface area (Å²) in [4.78, 5) is 37.1. The molecule has 0 saturated heterocycles. The van der Waals surface area contributed by atoms with Crippen LogP contribution in [0.4, 0.5) is 17.1 Å². The summed E-state index contributed by atoms with van der Waals surface area (Å²) in [6.45, 7) is 1.96. The van der Waals surface area contributed by atoms with E-state index >= 15 is 0 Å². The normalized spacial score (nSPS) is 12.5. The van der Waals surface area contributed by atoms with Gasteiger partial charge in [-0.05, 0) is 67.8 Å². The number of hydrogen-bond acceptors (Lipinski definition) is 4. The van der Waals surface area contributed by atoms with Gasteiger partial charge in [-0.1, -0.05) is 30.3 Å². The molecule has 0 heterocycles. The van der Waals surface area contributed by atoms with Gasteiger partial charge >= 0.3 is 0 Å². The largest absolute Gasteiger partial charge is 0.376 e. The molecule has 4 rings (SSSR count). The first kappa shape index (κ1) is 22.1. The summed E-state index contributed by atoms with van der Waals surface area (Å²) in [7, 11) is 0. The number of rotatable bonds is 8. The molecule has 0 radical (unpaired) electrons. The van der Waals surface area contributed by atoms with E-state index in [1.165, 1.54) is 0 Å². The molecule has 7 nitrogen and oxygen atoms in total. The third kappa shape index (κ3) is 6.20. The number of benzene rings is 3. The molecule has 1 aliphatic rings. The molecule has 0 aliphatic heterocycles. The Kier molecular flexibility index (Phi) is 6.69. The quantitative estimate of drug-likeness (QED) is 0.420. The highest BCUT2D eigenvalue weighted by atomic mass is 16.2. The third-order valence-electron chi connectivity index (χ3n) is 5.29. The van der Waals surface area contributed by atoms with Gasteiger partial charge in [-0.3, -0.25) is 14.4 Å². The van der Waals surface area contributed by atoms with Gasteiger partial charge in [0.1, 0.15) is 0 Å². The molecule has 0 bridgehead atoms. The second-order valence-electron chi connectivity index (χ2n) is 8.08. The zero-order chi connectivity index (χ0) is 23.2. The minimum Gasteiger partial charge on any atom is -0.376 e. The molecule has 1 fully saturated rings. The molecule has 3 amide bonds.